The Kier molecular flexibility index (Phi) is 4.54. The number of alkyl carbamates (subject to hydrolysis) is 1. The average molecular weight is 418 g/mol. The van der Waals surface area contributed by atoms with Gasteiger partial charge in [0.15, 0.2) is 0 Å². The van der Waals surface area contributed by atoms with Crippen LogP contribution in [0.1, 0.15) is 51.9 Å². The number of carboxylic acid groups (broad SMARTS) is 1. The predicted octanol–water partition coefficient (Wildman–Crippen LogP) is 2.96. The predicted molar refractivity (Wildman–Crippen MR) is 106 cm³/mol. The van der Waals surface area contributed by atoms with Gasteiger partial charge in [0.2, 0.25) is 0 Å². The number of hydrogen-bond donors (Lipinski definition) is 2. The van der Waals surface area contributed by atoms with E-state index >= 15 is 0 Å². The van der Waals surface area contributed by atoms with Crippen molar-refractivity contribution < 1.29 is 29.0 Å². The van der Waals surface area contributed by atoms with Crippen LogP contribution >= 0.6 is 0 Å². The first-order chi connectivity index (χ1) is 14.3. The zero-order valence-corrected chi connectivity index (χ0v) is 17.6. The fourth-order valence-corrected chi connectivity index (χ4v) is 5.98. The largest absolute Gasteiger partial charge is 0.493 e. The Morgan fingerprint density at radius 1 is 1.33 bits per heavy atom. The lowest BCUT2D eigenvalue weighted by atomic mass is 9.61. The van der Waals surface area contributed by atoms with Crippen LogP contribution in [0.25, 0.3) is 0 Å². The van der Waals surface area contributed by atoms with Gasteiger partial charge in [0.05, 0.1) is 19.1 Å². The van der Waals surface area contributed by atoms with Gasteiger partial charge in [-0.25, -0.2) is 9.59 Å². The van der Waals surface area contributed by atoms with E-state index in [1.165, 1.54) is 5.57 Å². The third-order valence-electron chi connectivity index (χ3n) is 7.59. The van der Waals surface area contributed by atoms with Gasteiger partial charge in [-0.2, -0.15) is 0 Å². The molecule has 2 fully saturated rings. The van der Waals surface area contributed by atoms with Crippen LogP contribution in [0.2, 0.25) is 0 Å². The quantitative estimate of drug-likeness (QED) is 0.724. The van der Waals surface area contributed by atoms with Gasteiger partial charge in [0.25, 0.3) is 0 Å². The van der Waals surface area contributed by atoms with Crippen molar-refractivity contribution >= 4 is 12.1 Å². The highest BCUT2D eigenvalue weighted by Gasteiger charge is 2.57. The van der Waals surface area contributed by atoms with Gasteiger partial charge in [-0.3, -0.25) is 9.90 Å². The lowest BCUT2D eigenvalue weighted by Gasteiger charge is -2.42. The van der Waals surface area contributed by atoms with E-state index in [1.54, 1.807) is 7.11 Å². The first-order valence-corrected chi connectivity index (χ1v) is 11.0. The lowest BCUT2D eigenvalue weighted by molar-refractivity contribution is -0.140. The maximum absolute atomic E-state index is 12.4. The van der Waals surface area contributed by atoms with Crippen LogP contribution in [-0.2, 0) is 19.1 Å². The van der Waals surface area contributed by atoms with Gasteiger partial charge in [-0.1, -0.05) is 13.0 Å². The van der Waals surface area contributed by atoms with E-state index in [1.807, 2.05) is 11.3 Å². The minimum absolute atomic E-state index is 0.0977. The molecule has 0 radical (unpaired) electrons. The molecule has 30 heavy (non-hydrogen) atoms. The third kappa shape index (κ3) is 3.07. The van der Waals surface area contributed by atoms with Gasteiger partial charge in [0, 0.05) is 18.5 Å². The maximum Gasteiger partial charge on any atom is 0.408 e. The summed E-state index contributed by atoms with van der Waals surface area (Å²) in [5, 5.41) is 13.7. The van der Waals surface area contributed by atoms with E-state index in [9.17, 15) is 14.7 Å². The van der Waals surface area contributed by atoms with Crippen LogP contribution in [0.5, 0.6) is 0 Å². The molecule has 1 amide bonds. The Hall–Kier alpha value is -2.22. The van der Waals surface area contributed by atoms with E-state index in [4.69, 9.17) is 14.3 Å². The summed E-state index contributed by atoms with van der Waals surface area (Å²) in [6.45, 7) is 2.99. The number of hydrogen-bond acceptors (Lipinski definition) is 6. The molecule has 2 unspecified atom stereocenters. The minimum Gasteiger partial charge on any atom is -0.493 e. The van der Waals surface area contributed by atoms with Crippen molar-refractivity contribution in [2.75, 3.05) is 13.7 Å². The highest BCUT2D eigenvalue weighted by molar-refractivity contribution is 5.87. The molecule has 1 spiro atoms. The average Bonchev–Trinajstić information content (AvgIpc) is 3.42. The SMILES string of the molecule is CON1C=CC23CC(C)CC[C@H]2OC2=C3[C@H](C[C@@H](OC(=O)NC3(C(=O)O)CC3)C2)C1. The molecule has 0 aromatic carbocycles. The van der Waals surface area contributed by atoms with Crippen LogP contribution in [0.3, 0.4) is 0 Å². The third-order valence-corrected chi connectivity index (χ3v) is 7.59. The molecule has 0 bridgehead atoms. The van der Waals surface area contributed by atoms with Crippen LogP contribution in [-0.4, -0.2) is 53.6 Å². The van der Waals surface area contributed by atoms with Crippen molar-refractivity contribution in [3.63, 3.8) is 0 Å². The Morgan fingerprint density at radius 3 is 2.83 bits per heavy atom. The second-order valence-electron chi connectivity index (χ2n) is 9.64. The lowest BCUT2D eigenvalue weighted by Crippen LogP contribution is -2.45. The highest BCUT2D eigenvalue weighted by Crippen LogP contribution is 2.59. The van der Waals surface area contributed by atoms with Crippen molar-refractivity contribution in [2.45, 2.75) is 69.6 Å². The fourth-order valence-electron chi connectivity index (χ4n) is 5.98. The summed E-state index contributed by atoms with van der Waals surface area (Å²) in [6, 6.07) is 0. The molecule has 0 aromatic heterocycles. The Labute approximate surface area is 176 Å². The van der Waals surface area contributed by atoms with E-state index in [2.05, 4.69) is 18.3 Å². The summed E-state index contributed by atoms with van der Waals surface area (Å²) in [7, 11) is 1.67. The number of carbonyl (C=O) groups excluding carboxylic acids is 1. The van der Waals surface area contributed by atoms with E-state index < -0.39 is 17.6 Å². The van der Waals surface area contributed by atoms with E-state index in [0.29, 0.717) is 38.1 Å². The molecule has 5 aliphatic rings. The second kappa shape index (κ2) is 6.90. The number of carbonyl (C=O) groups is 2. The number of rotatable bonds is 4. The van der Waals surface area contributed by atoms with Crippen molar-refractivity contribution in [2.24, 2.45) is 17.3 Å². The van der Waals surface area contributed by atoms with Gasteiger partial charge in [0.1, 0.15) is 23.5 Å². The number of ether oxygens (including phenoxy) is 2. The summed E-state index contributed by atoms with van der Waals surface area (Å²) < 4.78 is 12.2. The smallest absolute Gasteiger partial charge is 0.408 e. The summed E-state index contributed by atoms with van der Waals surface area (Å²) >= 11 is 0. The van der Waals surface area contributed by atoms with E-state index in [-0.39, 0.29) is 23.5 Å². The Bertz CT molecular complexity index is 818. The molecule has 3 aliphatic carbocycles. The molecule has 2 aliphatic heterocycles. The number of aliphatic carboxylic acids is 1. The standard InChI is InChI=1S/C22H30N2O6/c1-13-3-4-17-21(11-13)7-8-24(28-2)12-14-9-15(10-16(30-17)18(14)21)29-20(27)23-22(5-6-22)19(25)26/h7-8,13-15,17H,3-6,9-12H2,1-2H3,(H,23,27)(H,25,26)/t13?,14-,15-,17-,21?/m1/s1. The zero-order chi connectivity index (χ0) is 21.1. The zero-order valence-electron chi connectivity index (χ0n) is 17.6. The molecule has 164 valence electrons. The first kappa shape index (κ1) is 19.7. The molecule has 2 N–H and O–H groups in total. The molecule has 2 heterocycles. The van der Waals surface area contributed by atoms with Gasteiger partial charge in [-0.15, -0.1) is 0 Å². The van der Waals surface area contributed by atoms with Crippen LogP contribution in [0.4, 0.5) is 4.79 Å². The summed E-state index contributed by atoms with van der Waals surface area (Å²) in [4.78, 5) is 29.3. The number of nitrogens with zero attached hydrogens (tertiary/aromatic N) is 1. The van der Waals surface area contributed by atoms with Crippen molar-refractivity contribution in [1.82, 2.24) is 10.4 Å². The van der Waals surface area contributed by atoms with Crippen LogP contribution in [0.15, 0.2) is 23.6 Å². The normalized spacial score (nSPS) is 38.1. The highest BCUT2D eigenvalue weighted by atomic mass is 16.7. The number of amides is 1. The molecule has 8 heteroatoms. The fraction of sp³-hybridized carbons (Fsp3) is 0.727. The van der Waals surface area contributed by atoms with Gasteiger partial charge in [-0.05, 0) is 50.0 Å². The van der Waals surface area contributed by atoms with Crippen LogP contribution < -0.4 is 5.32 Å². The molecule has 2 saturated carbocycles. The first-order valence-electron chi connectivity index (χ1n) is 11.0. The second-order valence-corrected chi connectivity index (χ2v) is 9.64. The van der Waals surface area contributed by atoms with Gasteiger partial charge < -0.3 is 19.9 Å². The summed E-state index contributed by atoms with van der Waals surface area (Å²) in [6.07, 6.45) is 8.79. The summed E-state index contributed by atoms with van der Waals surface area (Å²) in [5.74, 6) is 0.746. The van der Waals surface area contributed by atoms with Crippen molar-refractivity contribution in [3.8, 4) is 0 Å². The molecular weight excluding hydrogens is 388 g/mol. The monoisotopic (exact) mass is 418 g/mol. The maximum atomic E-state index is 12.4. The molecular formula is C22H30N2O6. The van der Waals surface area contributed by atoms with Crippen molar-refractivity contribution in [3.05, 3.63) is 23.6 Å². The molecule has 8 nitrogen and oxygen atoms in total. The molecule has 0 saturated heterocycles. The van der Waals surface area contributed by atoms with E-state index in [0.717, 1.165) is 25.0 Å². The van der Waals surface area contributed by atoms with Crippen LogP contribution in [0, 0.1) is 17.3 Å². The van der Waals surface area contributed by atoms with Crippen molar-refractivity contribution in [1.29, 1.82) is 0 Å². The van der Waals surface area contributed by atoms with Gasteiger partial charge >= 0.3 is 12.1 Å². The Morgan fingerprint density at radius 2 is 2.13 bits per heavy atom. The number of carboxylic acids is 1. The summed E-state index contributed by atoms with van der Waals surface area (Å²) in [5.41, 5.74) is 0.118. The topological polar surface area (TPSA) is 97.3 Å². The molecule has 5 rings (SSSR count). The molecule has 5 atom stereocenters. The minimum atomic E-state index is -1.14. The Balaban J connectivity index is 1.38. The number of hydroxylamine groups is 2. The number of nitrogens with one attached hydrogen (secondary N) is 1. The molecule has 0 aromatic rings.